The van der Waals surface area contributed by atoms with Crippen LogP contribution in [0.2, 0.25) is 0 Å². The number of hydrogen-bond acceptors (Lipinski definition) is 22. The van der Waals surface area contributed by atoms with Gasteiger partial charge in [0, 0.05) is 91.1 Å². The zero-order chi connectivity index (χ0) is 80.7. The Hall–Kier alpha value is -9.37. The molecule has 0 atom stereocenters. The molecule has 109 heavy (non-hydrogen) atoms. The number of alkyl halides is 6. The molecule has 41 heteroatoms. The Bertz CT molecular complexity index is 4550. The minimum absolute atomic E-state index is 0. The fourth-order valence-electron chi connectivity index (χ4n) is 8.18. The average molecular weight is 1660 g/mol. The van der Waals surface area contributed by atoms with E-state index >= 15 is 0 Å². The number of aliphatic hydroxyl groups is 2. The number of esters is 2. The molecule has 580 valence electrons. The van der Waals surface area contributed by atoms with Gasteiger partial charge in [0.1, 0.15) is 54.7 Å². The van der Waals surface area contributed by atoms with E-state index in [4.69, 9.17) is 100 Å². The van der Waals surface area contributed by atoms with Crippen molar-refractivity contribution in [3.8, 4) is 33.8 Å². The molecule has 0 fully saturated rings. The summed E-state index contributed by atoms with van der Waals surface area (Å²) in [5.41, 5.74) is 11.8. The molecular weight excluding hydrogens is 1590 g/mol. The van der Waals surface area contributed by atoms with Crippen molar-refractivity contribution < 1.29 is 124 Å². The van der Waals surface area contributed by atoms with Crippen molar-refractivity contribution in [2.75, 3.05) is 56.5 Å². The van der Waals surface area contributed by atoms with Crippen molar-refractivity contribution in [1.82, 2.24) is 29.3 Å². The van der Waals surface area contributed by atoms with E-state index in [0.717, 1.165) is 59.8 Å². The third-order valence-electron chi connectivity index (χ3n) is 12.2. The normalized spacial score (nSPS) is 10.3. The second-order valence-electron chi connectivity index (χ2n) is 20.7. The van der Waals surface area contributed by atoms with Gasteiger partial charge in [-0.25, -0.2) is 54.8 Å². The third-order valence-corrected chi connectivity index (χ3v) is 12.7. The van der Waals surface area contributed by atoms with Crippen molar-refractivity contribution in [2.45, 2.75) is 54.8 Å². The first-order valence-electron chi connectivity index (χ1n) is 30.5. The number of aromatic nitrogens is 6. The van der Waals surface area contributed by atoms with Gasteiger partial charge >= 0.3 is 67.8 Å². The van der Waals surface area contributed by atoms with Crippen LogP contribution in [0, 0.1) is 34.9 Å². The van der Waals surface area contributed by atoms with E-state index in [0.29, 0.717) is 46.9 Å². The number of anilines is 3. The molecule has 0 spiro atoms. The second-order valence-corrected chi connectivity index (χ2v) is 25.0. The standard InChI is InChI=1S/C22H19F2N3O5.C21H19F2N3O3.C17H13F2N3O.C4H8O3.C3Cl6O3.CH4O.H3N2O.Na/c1-14(28)31-7-8-32-22(30)25-19-4-2-3-15(9-19)13-27-21(29)6-5-20(26-27)16-10-17(23)12-18(24)11-16;1-2-8-29-21(28)24-18-5-3-4-14(9-18)13-26-20(27)7-6-19(25-26)15-10-16(22)12-17(23)11-15;18-13-7-12(8-14(19)9-13)16-4-5-17(23)22(21-16)10-11-2-1-3-15(20)6-11;1-4(6)7-3-2-5;4-2(5,6)11-1(10)12-3(7,8)9;1-2;1-2-3;/h2-6,9-12H,7-8,13H2,1H3,(H,25,30);3-7,9-12H,2,8,13H2,1H3,(H,24,28);1-9H,10,20H2;5H,2-3H2,1H3;;2H,1H3;3H,1H2;/q;;;;;;-1;+1. The van der Waals surface area contributed by atoms with E-state index in [1.54, 1.807) is 66.7 Å². The molecule has 2 amide bonds. The third kappa shape index (κ3) is 39.5. The van der Waals surface area contributed by atoms with E-state index in [-0.39, 0.29) is 121 Å². The summed E-state index contributed by atoms with van der Waals surface area (Å²) in [5.74, 6) is -1.16. The van der Waals surface area contributed by atoms with E-state index < -0.39 is 72.7 Å². The molecule has 3 aromatic heterocycles. The smallest absolute Gasteiger partial charge is 0.488 e. The summed E-state index contributed by atoms with van der Waals surface area (Å²) in [4.78, 5) is 91.0. The molecule has 0 unspecified atom stereocenters. The summed E-state index contributed by atoms with van der Waals surface area (Å²) in [6.45, 7) is 5.01. The number of carbonyl (C=O) groups excluding carboxylic acids is 5. The van der Waals surface area contributed by atoms with E-state index in [1.807, 2.05) is 18.6 Å². The Morgan fingerprint density at radius 1 is 0.477 bits per heavy atom. The zero-order valence-electron chi connectivity index (χ0n) is 57.8. The van der Waals surface area contributed by atoms with Gasteiger partial charge in [-0.3, -0.25) is 34.6 Å². The molecule has 0 saturated heterocycles. The number of rotatable bonds is 18. The Kier molecular flexibility index (Phi) is 43.6. The molecule has 0 aliphatic carbocycles. The van der Waals surface area contributed by atoms with Gasteiger partial charge in [0.25, 0.3) is 16.7 Å². The predicted octanol–water partition coefficient (Wildman–Crippen LogP) is 9.94. The summed E-state index contributed by atoms with van der Waals surface area (Å²) in [6, 6.07) is 37.9. The Balaban J connectivity index is 0.000000484. The van der Waals surface area contributed by atoms with Crippen LogP contribution in [-0.2, 0) is 57.6 Å². The number of nitrogen functional groups attached to an aromatic ring is 1. The largest absolute Gasteiger partial charge is 1.00 e. The first-order valence-corrected chi connectivity index (χ1v) is 32.8. The summed E-state index contributed by atoms with van der Waals surface area (Å²) in [7, 11) is 1.00. The average Bonchev–Trinajstić information content (AvgIpc) is 0.832. The van der Waals surface area contributed by atoms with Crippen molar-refractivity contribution in [3.05, 3.63) is 252 Å². The molecule has 0 aliphatic heterocycles. The number of benzene rings is 6. The molecule has 6 aromatic carbocycles. The number of amides is 2. The van der Waals surface area contributed by atoms with E-state index in [2.05, 4.69) is 50.7 Å². The Morgan fingerprint density at radius 3 is 1.07 bits per heavy atom. The first kappa shape index (κ1) is 95.7. The fourth-order valence-corrected chi connectivity index (χ4v) is 8.56. The topological polar surface area (TPSA) is 396 Å². The van der Waals surface area contributed by atoms with Gasteiger partial charge in [0.15, 0.2) is 0 Å². The summed E-state index contributed by atoms with van der Waals surface area (Å²) >= 11 is 30.2. The number of halogens is 12. The van der Waals surface area contributed by atoms with Crippen LogP contribution in [0.25, 0.3) is 39.4 Å². The van der Waals surface area contributed by atoms with Gasteiger partial charge in [-0.05, 0) is 184 Å². The molecule has 9 rings (SSSR count). The number of ether oxygens (including phenoxy) is 6. The summed E-state index contributed by atoms with van der Waals surface area (Å²) in [6.07, 6.45) is -1.99. The van der Waals surface area contributed by atoms with Crippen molar-refractivity contribution in [3.63, 3.8) is 0 Å². The number of aliphatic hydroxyl groups excluding tert-OH is 2. The minimum atomic E-state index is -2.24. The van der Waals surface area contributed by atoms with E-state index in [9.17, 15) is 64.7 Å². The molecule has 0 radical (unpaired) electrons. The molecule has 9 N–H and O–H groups in total. The van der Waals surface area contributed by atoms with Crippen LogP contribution in [0.3, 0.4) is 0 Å². The molecule has 0 saturated carbocycles. The van der Waals surface area contributed by atoms with Crippen LogP contribution in [0.4, 0.5) is 57.8 Å². The fraction of sp³-hybridized carbons (Fsp3) is 0.221. The van der Waals surface area contributed by atoms with Crippen LogP contribution in [0.5, 0.6) is 0 Å². The number of hydrogen-bond donors (Lipinski definition) is 7. The quantitative estimate of drug-likeness (QED) is 0.00483. The van der Waals surface area contributed by atoms with Gasteiger partial charge in [-0.2, -0.15) is 15.3 Å². The molecule has 0 aliphatic rings. The number of nitrogens with zero attached hydrogens (tertiary/aromatic N) is 7. The number of nitrogens with one attached hydrogen (secondary N) is 2. The van der Waals surface area contributed by atoms with Crippen LogP contribution in [0.1, 0.15) is 43.9 Å². The van der Waals surface area contributed by atoms with Crippen LogP contribution in [-0.4, -0.2) is 123 Å². The molecule has 28 nitrogen and oxygen atoms in total. The number of nitrogens with two attached hydrogens (primary N) is 2. The predicted molar refractivity (Wildman–Crippen MR) is 389 cm³/mol. The first-order chi connectivity index (χ1) is 51.0. The molecular formula is C68H66Cl6F6N11NaO17. The maximum absolute atomic E-state index is 13.5. The molecule has 3 heterocycles. The van der Waals surface area contributed by atoms with Gasteiger partial charge in [0.05, 0.1) is 49.9 Å². The monoisotopic (exact) mass is 1660 g/mol. The van der Waals surface area contributed by atoms with Crippen LogP contribution >= 0.6 is 69.6 Å². The van der Waals surface area contributed by atoms with Gasteiger partial charge in [-0.1, -0.05) is 43.3 Å². The number of carbonyl (C=O) groups is 5. The van der Waals surface area contributed by atoms with Gasteiger partial charge in [-0.15, -0.1) is 0 Å². The SMILES string of the molecule is CC(=O)OCCO.CC(=O)OCCOC(=O)Nc1cccc(Cn2nc(-c3cc(F)cc(F)c3)ccc2=O)c1.CCCOC(=O)Nc1cccc(Cn2nc(-c3cc(F)cc(F)c3)ccc2=O)c1.CO.N[N-]O.Nc1cccc(Cn2nc(-c3cc(F)cc(F)c3)ccc2=O)c1.O=C(OC(Cl)(Cl)Cl)OC(Cl)(Cl)Cl.[Na+]. The maximum Gasteiger partial charge on any atom is 1.00 e. The van der Waals surface area contributed by atoms with Crippen molar-refractivity contribution in [2.24, 2.45) is 5.84 Å². The molecule has 0 bridgehead atoms. The van der Waals surface area contributed by atoms with Crippen LogP contribution < -0.4 is 68.4 Å². The second kappa shape index (κ2) is 49.6. The Morgan fingerprint density at radius 2 is 0.780 bits per heavy atom. The summed E-state index contributed by atoms with van der Waals surface area (Å²) < 4.78 is 107. The van der Waals surface area contributed by atoms with Crippen molar-refractivity contribution in [1.29, 1.82) is 0 Å². The van der Waals surface area contributed by atoms with Gasteiger partial charge < -0.3 is 61.0 Å². The Labute approximate surface area is 668 Å². The maximum atomic E-state index is 13.5. The van der Waals surface area contributed by atoms with Gasteiger partial charge in [0.2, 0.25) is 0 Å². The van der Waals surface area contributed by atoms with Crippen molar-refractivity contribution >= 4 is 117 Å². The molecule has 9 aromatic rings. The van der Waals surface area contributed by atoms with Crippen LogP contribution in [0.15, 0.2) is 178 Å². The minimum Gasteiger partial charge on any atom is -0.488 e. The zero-order valence-corrected chi connectivity index (χ0v) is 64.4. The van der Waals surface area contributed by atoms with E-state index in [1.165, 1.54) is 71.7 Å². The summed E-state index contributed by atoms with van der Waals surface area (Å²) in [5, 5.41) is 39.7.